The van der Waals surface area contributed by atoms with Gasteiger partial charge < -0.3 is 9.88 Å². The zero-order valence-corrected chi connectivity index (χ0v) is 15.3. The van der Waals surface area contributed by atoms with Crippen LogP contribution in [0.25, 0.3) is 16.8 Å². The Morgan fingerprint density at radius 1 is 1.23 bits per heavy atom. The molecule has 138 valence electrons. The molecular formula is C19H25N5O2. The van der Waals surface area contributed by atoms with Crippen molar-refractivity contribution in [3.63, 3.8) is 0 Å². The molecule has 7 heteroatoms. The van der Waals surface area contributed by atoms with Gasteiger partial charge in [0.2, 0.25) is 11.7 Å². The van der Waals surface area contributed by atoms with Crippen molar-refractivity contribution in [2.24, 2.45) is 5.92 Å². The van der Waals surface area contributed by atoms with E-state index in [0.717, 1.165) is 30.3 Å². The lowest BCUT2D eigenvalue weighted by Crippen LogP contribution is -2.43. The minimum Gasteiger partial charge on any atom is -0.351 e. The number of hydrogen-bond donors (Lipinski definition) is 1. The highest BCUT2D eigenvalue weighted by atomic mass is 16.2. The Hall–Kier alpha value is -2.57. The molecule has 1 aromatic carbocycles. The van der Waals surface area contributed by atoms with E-state index in [1.54, 1.807) is 4.40 Å². The summed E-state index contributed by atoms with van der Waals surface area (Å²) in [4.78, 5) is 25.3. The molecule has 7 nitrogen and oxygen atoms in total. The van der Waals surface area contributed by atoms with Crippen molar-refractivity contribution in [2.75, 3.05) is 0 Å². The third kappa shape index (κ3) is 2.71. The number of carbonyl (C=O) groups excluding carboxylic acids is 1. The zero-order chi connectivity index (χ0) is 18.3. The van der Waals surface area contributed by atoms with Gasteiger partial charge in [0.25, 0.3) is 0 Å². The summed E-state index contributed by atoms with van der Waals surface area (Å²) >= 11 is 0. The smallest absolute Gasteiger partial charge is 0.351 e. The second-order valence-corrected chi connectivity index (χ2v) is 7.24. The van der Waals surface area contributed by atoms with Crippen LogP contribution in [0.4, 0.5) is 0 Å². The summed E-state index contributed by atoms with van der Waals surface area (Å²) in [5, 5.41) is 7.53. The highest BCUT2D eigenvalue weighted by molar-refractivity contribution is 5.81. The quantitative estimate of drug-likeness (QED) is 0.779. The first kappa shape index (κ1) is 16.9. The summed E-state index contributed by atoms with van der Waals surface area (Å²) in [5.41, 5.74) is 1.53. The number of para-hydroxylation sites is 2. The van der Waals surface area contributed by atoms with Crippen LogP contribution in [0.15, 0.2) is 29.1 Å². The van der Waals surface area contributed by atoms with Gasteiger partial charge in [0.1, 0.15) is 6.54 Å². The first-order valence-electron chi connectivity index (χ1n) is 9.46. The summed E-state index contributed by atoms with van der Waals surface area (Å²) in [6.07, 6.45) is 4.54. The highest BCUT2D eigenvalue weighted by Crippen LogP contribution is 2.23. The van der Waals surface area contributed by atoms with Crippen LogP contribution >= 0.6 is 0 Å². The first-order chi connectivity index (χ1) is 12.6. The van der Waals surface area contributed by atoms with Crippen LogP contribution in [0, 0.1) is 5.92 Å². The largest absolute Gasteiger partial charge is 0.352 e. The predicted molar refractivity (Wildman–Crippen MR) is 100 cm³/mol. The molecule has 1 fully saturated rings. The maximum absolute atomic E-state index is 12.8. The van der Waals surface area contributed by atoms with Gasteiger partial charge in [0.15, 0.2) is 0 Å². The second-order valence-electron chi connectivity index (χ2n) is 7.24. The number of nitrogens with one attached hydrogen (secondary N) is 1. The SMILES string of the molecule is CCn1c2ccccc2n2c(=O)n(CC(=O)N[C@H]3CCCC[C@H]3C)nc12. The average molecular weight is 355 g/mol. The summed E-state index contributed by atoms with van der Waals surface area (Å²) in [6, 6.07) is 7.95. The molecule has 0 bridgehead atoms. The number of carbonyl (C=O) groups is 1. The lowest BCUT2D eigenvalue weighted by Gasteiger charge is -2.29. The van der Waals surface area contributed by atoms with E-state index >= 15 is 0 Å². The minimum absolute atomic E-state index is 0.0399. The molecular weight excluding hydrogens is 330 g/mol. The second kappa shape index (κ2) is 6.63. The van der Waals surface area contributed by atoms with Crippen LogP contribution in [0.3, 0.4) is 0 Å². The highest BCUT2D eigenvalue weighted by Gasteiger charge is 2.24. The molecule has 1 aliphatic carbocycles. The Kier molecular flexibility index (Phi) is 4.30. The summed E-state index contributed by atoms with van der Waals surface area (Å²) in [5.74, 6) is 0.926. The molecule has 3 aromatic rings. The summed E-state index contributed by atoms with van der Waals surface area (Å²) < 4.78 is 4.86. The van der Waals surface area contributed by atoms with Crippen LogP contribution in [-0.4, -0.2) is 30.7 Å². The third-order valence-electron chi connectivity index (χ3n) is 5.54. The van der Waals surface area contributed by atoms with Crippen molar-refractivity contribution in [1.82, 2.24) is 24.1 Å². The fourth-order valence-electron chi connectivity index (χ4n) is 4.11. The number of rotatable bonds is 4. The van der Waals surface area contributed by atoms with Crippen molar-refractivity contribution in [3.8, 4) is 0 Å². The monoisotopic (exact) mass is 355 g/mol. The van der Waals surface area contributed by atoms with Crippen molar-refractivity contribution >= 4 is 22.7 Å². The van der Waals surface area contributed by atoms with Gasteiger partial charge in [-0.25, -0.2) is 13.9 Å². The maximum Gasteiger partial charge on any atom is 0.352 e. The van der Waals surface area contributed by atoms with E-state index in [1.165, 1.54) is 11.1 Å². The Bertz CT molecular complexity index is 1010. The van der Waals surface area contributed by atoms with E-state index in [0.29, 0.717) is 18.2 Å². The van der Waals surface area contributed by atoms with Gasteiger partial charge in [-0.15, -0.1) is 5.10 Å². The van der Waals surface area contributed by atoms with Gasteiger partial charge in [-0.3, -0.25) is 4.79 Å². The van der Waals surface area contributed by atoms with Crippen molar-refractivity contribution in [3.05, 3.63) is 34.7 Å². The van der Waals surface area contributed by atoms with Gasteiger partial charge >= 0.3 is 5.69 Å². The third-order valence-corrected chi connectivity index (χ3v) is 5.54. The molecule has 0 spiro atoms. The molecule has 2 atom stereocenters. The van der Waals surface area contributed by atoms with Gasteiger partial charge in [0, 0.05) is 12.6 Å². The number of fused-ring (bicyclic) bond motifs is 3. The van der Waals surface area contributed by atoms with Gasteiger partial charge in [-0.2, -0.15) is 0 Å². The molecule has 0 saturated heterocycles. The molecule has 26 heavy (non-hydrogen) atoms. The number of imidazole rings is 1. The van der Waals surface area contributed by atoms with E-state index in [1.807, 2.05) is 35.8 Å². The molecule has 1 N–H and O–H groups in total. The fourth-order valence-corrected chi connectivity index (χ4v) is 4.11. The molecule has 2 heterocycles. The van der Waals surface area contributed by atoms with Gasteiger partial charge in [-0.1, -0.05) is 31.9 Å². The lowest BCUT2D eigenvalue weighted by atomic mass is 9.86. The molecule has 1 amide bonds. The molecule has 1 aliphatic rings. The van der Waals surface area contributed by atoms with Crippen molar-refractivity contribution in [1.29, 1.82) is 0 Å². The van der Waals surface area contributed by atoms with E-state index < -0.39 is 0 Å². The zero-order valence-electron chi connectivity index (χ0n) is 15.3. The summed E-state index contributed by atoms with van der Waals surface area (Å²) in [6.45, 7) is 4.87. The number of benzene rings is 1. The average Bonchev–Trinajstić information content (AvgIpc) is 3.11. The van der Waals surface area contributed by atoms with Gasteiger partial charge in [-0.05, 0) is 37.8 Å². The molecule has 2 aromatic heterocycles. The molecule has 1 saturated carbocycles. The van der Waals surface area contributed by atoms with Crippen LogP contribution < -0.4 is 11.0 Å². The van der Waals surface area contributed by atoms with Crippen LogP contribution in [0.5, 0.6) is 0 Å². The molecule has 4 rings (SSSR count). The Balaban J connectivity index is 1.64. The first-order valence-corrected chi connectivity index (χ1v) is 9.46. The van der Waals surface area contributed by atoms with Crippen molar-refractivity contribution < 1.29 is 4.79 Å². The molecule has 0 radical (unpaired) electrons. The van der Waals surface area contributed by atoms with E-state index in [4.69, 9.17) is 0 Å². The van der Waals surface area contributed by atoms with E-state index in [9.17, 15) is 9.59 Å². The molecule has 0 unspecified atom stereocenters. The number of amides is 1. The number of hydrogen-bond acceptors (Lipinski definition) is 3. The Morgan fingerprint density at radius 3 is 2.69 bits per heavy atom. The normalized spacial score (nSPS) is 20.7. The summed E-state index contributed by atoms with van der Waals surface area (Å²) in [7, 11) is 0. The molecule has 0 aliphatic heterocycles. The Morgan fingerprint density at radius 2 is 1.96 bits per heavy atom. The maximum atomic E-state index is 12.8. The van der Waals surface area contributed by atoms with E-state index in [2.05, 4.69) is 17.3 Å². The topological polar surface area (TPSA) is 73.3 Å². The van der Waals surface area contributed by atoms with Gasteiger partial charge in [0.05, 0.1) is 11.0 Å². The van der Waals surface area contributed by atoms with E-state index in [-0.39, 0.29) is 24.2 Å². The standard InChI is InChI=1S/C19H25N5O2/c1-3-22-15-10-6-7-11-16(15)24-18(22)21-23(19(24)26)12-17(25)20-14-9-5-4-8-13(14)2/h6-7,10-11,13-14H,3-5,8-9,12H2,1-2H3,(H,20,25)/t13-,14+/m1/s1. The van der Waals surface area contributed by atoms with Crippen LogP contribution in [-0.2, 0) is 17.9 Å². The van der Waals surface area contributed by atoms with Crippen LogP contribution in [0.2, 0.25) is 0 Å². The van der Waals surface area contributed by atoms with Crippen LogP contribution in [0.1, 0.15) is 39.5 Å². The lowest BCUT2D eigenvalue weighted by molar-refractivity contribution is -0.123. The minimum atomic E-state index is -0.268. The predicted octanol–water partition coefficient (Wildman–Crippen LogP) is 2.17. The number of aryl methyl sites for hydroxylation is 1. The number of aromatic nitrogens is 4. The fraction of sp³-hybridized carbons (Fsp3) is 0.526. The van der Waals surface area contributed by atoms with Crippen molar-refractivity contribution in [2.45, 2.75) is 58.7 Å². The Labute approximate surface area is 151 Å². The number of nitrogens with zero attached hydrogens (tertiary/aromatic N) is 4.